The second kappa shape index (κ2) is 4.11. The lowest BCUT2D eigenvalue weighted by atomic mass is 10.2. The number of fused-ring (bicyclic) bond motifs is 1. The van der Waals surface area contributed by atoms with Gasteiger partial charge in [0.25, 0.3) is 5.91 Å². The van der Waals surface area contributed by atoms with Gasteiger partial charge >= 0.3 is 0 Å². The summed E-state index contributed by atoms with van der Waals surface area (Å²) >= 11 is 3.27. The van der Waals surface area contributed by atoms with Crippen molar-refractivity contribution in [3.8, 4) is 0 Å². The van der Waals surface area contributed by atoms with E-state index in [4.69, 9.17) is 0 Å². The number of hydrogen-bond acceptors (Lipinski definition) is 4. The molecule has 0 radical (unpaired) electrons. The molecular formula is C9H8BrN3O3S. The predicted molar refractivity (Wildman–Crippen MR) is 66.1 cm³/mol. The highest BCUT2D eigenvalue weighted by atomic mass is 79.9. The number of H-pyrrole nitrogens is 1. The summed E-state index contributed by atoms with van der Waals surface area (Å²) < 4.78 is 24.6. The molecule has 0 aliphatic rings. The quantitative estimate of drug-likeness (QED) is 0.864. The van der Waals surface area contributed by atoms with Crippen LogP contribution in [0.15, 0.2) is 22.7 Å². The first-order chi connectivity index (χ1) is 7.87. The minimum atomic E-state index is -3.59. The van der Waals surface area contributed by atoms with E-state index in [2.05, 4.69) is 26.1 Å². The van der Waals surface area contributed by atoms with Crippen LogP contribution in [0, 0.1) is 0 Å². The van der Waals surface area contributed by atoms with Crippen molar-refractivity contribution in [3.63, 3.8) is 0 Å². The van der Waals surface area contributed by atoms with Gasteiger partial charge in [-0.05, 0) is 18.2 Å². The van der Waals surface area contributed by atoms with Crippen LogP contribution in [-0.2, 0) is 10.0 Å². The van der Waals surface area contributed by atoms with Crippen molar-refractivity contribution in [3.05, 3.63) is 28.4 Å². The Morgan fingerprint density at radius 3 is 2.82 bits per heavy atom. The number of benzene rings is 1. The summed E-state index contributed by atoms with van der Waals surface area (Å²) in [7, 11) is -3.59. The van der Waals surface area contributed by atoms with Crippen molar-refractivity contribution in [2.24, 2.45) is 0 Å². The first-order valence-corrected chi connectivity index (χ1v) is 7.21. The zero-order chi connectivity index (χ0) is 12.6. The van der Waals surface area contributed by atoms with Crippen LogP contribution in [0.25, 0.3) is 10.9 Å². The first kappa shape index (κ1) is 12.1. The molecule has 0 bridgehead atoms. The van der Waals surface area contributed by atoms with Crippen LogP contribution in [0.2, 0.25) is 0 Å². The Labute approximate surface area is 106 Å². The highest BCUT2D eigenvalue weighted by Crippen LogP contribution is 2.20. The number of nitrogens with zero attached hydrogens (tertiary/aromatic N) is 1. The van der Waals surface area contributed by atoms with Gasteiger partial charge in [0, 0.05) is 9.86 Å². The molecule has 17 heavy (non-hydrogen) atoms. The number of rotatable bonds is 2. The summed E-state index contributed by atoms with van der Waals surface area (Å²) in [4.78, 5) is 11.7. The van der Waals surface area contributed by atoms with E-state index in [1.807, 2.05) is 4.72 Å². The fourth-order valence-corrected chi connectivity index (χ4v) is 2.17. The van der Waals surface area contributed by atoms with Crippen LogP contribution in [0.3, 0.4) is 0 Å². The zero-order valence-electron chi connectivity index (χ0n) is 8.69. The largest absolute Gasteiger partial charge is 0.285 e. The number of hydrogen-bond donors (Lipinski definition) is 2. The third-order valence-corrected chi connectivity index (χ3v) is 3.07. The van der Waals surface area contributed by atoms with Crippen molar-refractivity contribution >= 4 is 42.8 Å². The molecule has 2 rings (SSSR count). The Morgan fingerprint density at radius 1 is 1.47 bits per heavy atom. The number of carbonyl (C=O) groups is 1. The standard InChI is InChI=1S/C9H8BrN3O3S/c1-17(15,16)13-9(14)8-6-4-5(10)2-3-7(6)11-12-8/h2-4H,1H3,(H,11,12)(H,13,14). The lowest BCUT2D eigenvalue weighted by Crippen LogP contribution is -2.29. The second-order valence-electron chi connectivity index (χ2n) is 3.47. The Kier molecular flexibility index (Phi) is 2.92. The van der Waals surface area contributed by atoms with Gasteiger partial charge < -0.3 is 0 Å². The molecule has 1 aromatic carbocycles. The smallest absolute Gasteiger partial charge is 0.277 e. The minimum absolute atomic E-state index is 0.0479. The van der Waals surface area contributed by atoms with Gasteiger partial charge in [-0.2, -0.15) is 5.10 Å². The summed E-state index contributed by atoms with van der Waals surface area (Å²) in [5.74, 6) is -0.753. The van der Waals surface area contributed by atoms with Gasteiger partial charge in [0.05, 0.1) is 11.8 Å². The molecule has 0 aliphatic carbocycles. The van der Waals surface area contributed by atoms with Gasteiger partial charge in [-0.15, -0.1) is 0 Å². The SMILES string of the molecule is CS(=O)(=O)NC(=O)c1n[nH]c2ccc(Br)cc12. The van der Waals surface area contributed by atoms with Gasteiger partial charge in [-0.3, -0.25) is 9.89 Å². The van der Waals surface area contributed by atoms with Crippen molar-refractivity contribution in [1.82, 2.24) is 14.9 Å². The van der Waals surface area contributed by atoms with Crippen molar-refractivity contribution < 1.29 is 13.2 Å². The molecule has 0 fully saturated rings. The number of nitrogens with one attached hydrogen (secondary N) is 2. The fraction of sp³-hybridized carbons (Fsp3) is 0.111. The fourth-order valence-electron chi connectivity index (χ4n) is 1.38. The Morgan fingerprint density at radius 2 is 2.18 bits per heavy atom. The van der Waals surface area contributed by atoms with Gasteiger partial charge in [-0.1, -0.05) is 15.9 Å². The number of carbonyl (C=O) groups excluding carboxylic acids is 1. The van der Waals surface area contributed by atoms with E-state index in [1.165, 1.54) is 0 Å². The van der Waals surface area contributed by atoms with Gasteiger partial charge in [0.15, 0.2) is 5.69 Å². The van der Waals surface area contributed by atoms with E-state index in [-0.39, 0.29) is 5.69 Å². The summed E-state index contributed by atoms with van der Waals surface area (Å²) in [5, 5.41) is 7.01. The lowest BCUT2D eigenvalue weighted by molar-refractivity contribution is 0.0978. The maximum atomic E-state index is 11.7. The average molecular weight is 318 g/mol. The minimum Gasteiger partial charge on any atom is -0.277 e. The maximum Gasteiger partial charge on any atom is 0.285 e. The second-order valence-corrected chi connectivity index (χ2v) is 6.13. The highest BCUT2D eigenvalue weighted by Gasteiger charge is 2.17. The van der Waals surface area contributed by atoms with Crippen molar-refractivity contribution in [1.29, 1.82) is 0 Å². The van der Waals surface area contributed by atoms with E-state index in [0.29, 0.717) is 10.9 Å². The number of halogens is 1. The van der Waals surface area contributed by atoms with Gasteiger partial charge in [-0.25, -0.2) is 13.1 Å². The molecule has 0 spiro atoms. The molecular weight excluding hydrogens is 310 g/mol. The molecule has 0 aliphatic heterocycles. The predicted octanol–water partition coefficient (Wildman–Crippen LogP) is 1.01. The van der Waals surface area contributed by atoms with E-state index in [9.17, 15) is 13.2 Å². The Hall–Kier alpha value is -1.41. The normalized spacial score (nSPS) is 11.6. The molecule has 90 valence electrons. The molecule has 0 atom stereocenters. The number of amides is 1. The Balaban J connectivity index is 2.49. The number of aromatic amines is 1. The van der Waals surface area contributed by atoms with Gasteiger partial charge in [0.2, 0.25) is 10.0 Å². The molecule has 1 heterocycles. The molecule has 0 unspecified atom stereocenters. The lowest BCUT2D eigenvalue weighted by Gasteiger charge is -1.99. The van der Waals surface area contributed by atoms with Gasteiger partial charge in [0.1, 0.15) is 0 Å². The van der Waals surface area contributed by atoms with E-state index in [0.717, 1.165) is 10.7 Å². The summed E-state index contributed by atoms with van der Waals surface area (Å²) in [6.07, 6.45) is 0.912. The van der Waals surface area contributed by atoms with E-state index < -0.39 is 15.9 Å². The van der Waals surface area contributed by atoms with Crippen LogP contribution in [0.4, 0.5) is 0 Å². The van der Waals surface area contributed by atoms with E-state index >= 15 is 0 Å². The number of sulfonamides is 1. The van der Waals surface area contributed by atoms with Crippen LogP contribution in [0.1, 0.15) is 10.5 Å². The molecule has 1 aromatic heterocycles. The molecule has 0 saturated heterocycles. The molecule has 6 nitrogen and oxygen atoms in total. The zero-order valence-corrected chi connectivity index (χ0v) is 11.1. The van der Waals surface area contributed by atoms with Crippen LogP contribution < -0.4 is 4.72 Å². The number of aromatic nitrogens is 2. The van der Waals surface area contributed by atoms with Crippen molar-refractivity contribution in [2.45, 2.75) is 0 Å². The van der Waals surface area contributed by atoms with E-state index in [1.54, 1.807) is 18.2 Å². The third kappa shape index (κ3) is 2.64. The summed E-state index contributed by atoms with van der Waals surface area (Å²) in [6.45, 7) is 0. The summed E-state index contributed by atoms with van der Waals surface area (Å²) in [6, 6.07) is 5.22. The molecule has 8 heteroatoms. The topological polar surface area (TPSA) is 91.9 Å². The molecule has 2 N–H and O–H groups in total. The average Bonchev–Trinajstić information content (AvgIpc) is 2.57. The highest BCUT2D eigenvalue weighted by molar-refractivity contribution is 9.10. The van der Waals surface area contributed by atoms with Crippen LogP contribution in [-0.4, -0.2) is 30.8 Å². The third-order valence-electron chi connectivity index (χ3n) is 2.02. The molecule has 2 aromatic rings. The monoisotopic (exact) mass is 317 g/mol. The Bertz CT molecular complexity index is 693. The van der Waals surface area contributed by atoms with Crippen LogP contribution in [0.5, 0.6) is 0 Å². The first-order valence-electron chi connectivity index (χ1n) is 4.52. The maximum absolute atomic E-state index is 11.7. The van der Waals surface area contributed by atoms with Crippen molar-refractivity contribution in [2.75, 3.05) is 6.26 Å². The summed E-state index contributed by atoms with van der Waals surface area (Å²) in [5.41, 5.74) is 0.707. The van der Waals surface area contributed by atoms with Crippen LogP contribution >= 0.6 is 15.9 Å². The molecule has 0 saturated carbocycles. The molecule has 1 amide bonds.